The Morgan fingerprint density at radius 1 is 1.00 bits per heavy atom. The van der Waals surface area contributed by atoms with E-state index in [2.05, 4.69) is 5.16 Å². The van der Waals surface area contributed by atoms with Gasteiger partial charge >= 0.3 is 0 Å². The summed E-state index contributed by atoms with van der Waals surface area (Å²) in [7, 11) is -3.15. The van der Waals surface area contributed by atoms with Crippen molar-refractivity contribution in [3.05, 3.63) is 65.1 Å². The van der Waals surface area contributed by atoms with Crippen molar-refractivity contribution >= 4 is 32.5 Å². The molecule has 1 atom stereocenters. The Hall–Kier alpha value is -3.67. The average molecular weight is 559 g/mol. The molecule has 6 rings (SSSR count). The Balaban J connectivity index is 1.52. The molecule has 0 N–H and O–H groups in total. The molecule has 1 amide bonds. The van der Waals surface area contributed by atoms with Crippen LogP contribution in [0.1, 0.15) is 55.0 Å². The Morgan fingerprint density at radius 2 is 1.69 bits per heavy atom. The maximum absolute atomic E-state index is 14.2. The van der Waals surface area contributed by atoms with Crippen LogP contribution in [-0.2, 0) is 14.6 Å². The number of imidazole rings is 1. The van der Waals surface area contributed by atoms with Gasteiger partial charge in [-0.15, -0.1) is 0 Å². The van der Waals surface area contributed by atoms with E-state index in [4.69, 9.17) is 9.51 Å². The molecule has 2 aromatic carbocycles. The second-order valence-electron chi connectivity index (χ2n) is 10.2. The standard InChI is InChI=1S/C27H25F3N4O4S/c1-14-25(15(2)38-32-14)16-3-4-22-21(11-16)31-27(34(22)17-7-9-39(36,37)10-8-17)23-5-6-24(35)33(23)18-12-19(28)26(30)20(29)13-18/h3-4,11-13,17,23H,5-10H2,1-2H3/t23-/m0/s1. The molecule has 0 unspecified atom stereocenters. The fourth-order valence-corrected chi connectivity index (χ4v) is 7.32. The number of hydrogen-bond acceptors (Lipinski definition) is 6. The van der Waals surface area contributed by atoms with Crippen LogP contribution in [0.25, 0.3) is 22.2 Å². The SMILES string of the molecule is Cc1noc(C)c1-c1ccc2c(c1)nc([C@@H]1CCC(=O)N1c1cc(F)c(F)c(F)c1)n2C1CCS(=O)(=O)CC1. The highest BCUT2D eigenvalue weighted by Gasteiger charge is 2.39. The first kappa shape index (κ1) is 25.6. The maximum Gasteiger partial charge on any atom is 0.227 e. The first-order valence-corrected chi connectivity index (χ1v) is 14.5. The molecule has 0 bridgehead atoms. The van der Waals surface area contributed by atoms with Crippen LogP contribution in [0, 0.1) is 31.3 Å². The first-order valence-electron chi connectivity index (χ1n) is 12.7. The monoisotopic (exact) mass is 558 g/mol. The van der Waals surface area contributed by atoms with E-state index in [-0.39, 0.29) is 35.6 Å². The van der Waals surface area contributed by atoms with Crippen molar-refractivity contribution in [1.82, 2.24) is 14.7 Å². The lowest BCUT2D eigenvalue weighted by Crippen LogP contribution is -2.32. The van der Waals surface area contributed by atoms with Crippen molar-refractivity contribution in [2.75, 3.05) is 16.4 Å². The Bertz CT molecular complexity index is 1690. The molecule has 2 fully saturated rings. The molecule has 2 aliphatic heterocycles. The molecular weight excluding hydrogens is 533 g/mol. The molecule has 4 heterocycles. The van der Waals surface area contributed by atoms with E-state index in [0.717, 1.165) is 34.5 Å². The summed E-state index contributed by atoms with van der Waals surface area (Å²) in [6.45, 7) is 3.65. The average Bonchev–Trinajstić information content (AvgIpc) is 3.56. The lowest BCUT2D eigenvalue weighted by Gasteiger charge is -2.30. The first-order chi connectivity index (χ1) is 18.5. The lowest BCUT2D eigenvalue weighted by molar-refractivity contribution is -0.117. The number of halogens is 3. The molecule has 8 nitrogen and oxygen atoms in total. The molecular formula is C27H25F3N4O4S. The molecule has 204 valence electrons. The van der Waals surface area contributed by atoms with Crippen LogP contribution in [0.15, 0.2) is 34.9 Å². The minimum absolute atomic E-state index is 0.0235. The number of aromatic nitrogens is 3. The normalized spacial score (nSPS) is 19.9. The van der Waals surface area contributed by atoms with Gasteiger partial charge in [-0.05, 0) is 50.8 Å². The number of rotatable bonds is 4. The van der Waals surface area contributed by atoms with E-state index in [1.165, 1.54) is 4.90 Å². The van der Waals surface area contributed by atoms with Crippen LogP contribution in [0.5, 0.6) is 0 Å². The lowest BCUT2D eigenvalue weighted by atomic mass is 10.0. The number of amides is 1. The number of nitrogens with zero attached hydrogens (tertiary/aromatic N) is 4. The van der Waals surface area contributed by atoms with Crippen LogP contribution in [0.4, 0.5) is 18.9 Å². The van der Waals surface area contributed by atoms with Gasteiger partial charge in [-0.3, -0.25) is 4.79 Å². The molecule has 12 heteroatoms. The summed E-state index contributed by atoms with van der Waals surface area (Å²) in [6, 6.07) is 6.43. The summed E-state index contributed by atoms with van der Waals surface area (Å²) in [4.78, 5) is 19.2. The third-order valence-electron chi connectivity index (χ3n) is 7.68. The highest BCUT2D eigenvalue weighted by molar-refractivity contribution is 7.91. The molecule has 2 aromatic heterocycles. The fourth-order valence-electron chi connectivity index (χ4n) is 5.86. The second-order valence-corrected chi connectivity index (χ2v) is 12.5. The van der Waals surface area contributed by atoms with Crippen molar-refractivity contribution in [3.8, 4) is 11.1 Å². The van der Waals surface area contributed by atoms with Crippen molar-refractivity contribution in [2.45, 2.75) is 51.6 Å². The van der Waals surface area contributed by atoms with Crippen LogP contribution in [0.2, 0.25) is 0 Å². The Labute approximate surface area is 222 Å². The number of aryl methyl sites for hydroxylation is 2. The zero-order chi connectivity index (χ0) is 27.6. The minimum atomic E-state index is -3.15. The molecule has 39 heavy (non-hydrogen) atoms. The quantitative estimate of drug-likeness (QED) is 0.314. The van der Waals surface area contributed by atoms with Crippen LogP contribution >= 0.6 is 0 Å². The molecule has 0 spiro atoms. The molecule has 2 aliphatic rings. The van der Waals surface area contributed by atoms with E-state index in [1.807, 2.05) is 36.6 Å². The van der Waals surface area contributed by atoms with Gasteiger partial charge in [0, 0.05) is 30.2 Å². The van der Waals surface area contributed by atoms with E-state index >= 15 is 0 Å². The zero-order valence-electron chi connectivity index (χ0n) is 21.2. The summed E-state index contributed by atoms with van der Waals surface area (Å²) in [6.07, 6.45) is 1.17. The number of carbonyl (C=O) groups is 1. The van der Waals surface area contributed by atoms with Crippen molar-refractivity contribution in [2.24, 2.45) is 0 Å². The Morgan fingerprint density at radius 3 is 2.33 bits per heavy atom. The summed E-state index contributed by atoms with van der Waals surface area (Å²) in [5.41, 5.74) is 3.67. The van der Waals surface area contributed by atoms with Gasteiger partial charge in [-0.25, -0.2) is 26.6 Å². The van der Waals surface area contributed by atoms with Gasteiger partial charge in [0.25, 0.3) is 0 Å². The van der Waals surface area contributed by atoms with Gasteiger partial charge in [0.15, 0.2) is 17.5 Å². The maximum atomic E-state index is 14.2. The second kappa shape index (κ2) is 9.22. The van der Waals surface area contributed by atoms with Gasteiger partial charge < -0.3 is 14.0 Å². The zero-order valence-corrected chi connectivity index (χ0v) is 22.1. The van der Waals surface area contributed by atoms with E-state index in [0.29, 0.717) is 36.4 Å². The third-order valence-corrected chi connectivity index (χ3v) is 9.40. The molecule has 0 aliphatic carbocycles. The summed E-state index contributed by atoms with van der Waals surface area (Å²) in [5.74, 6) is -3.57. The molecule has 4 aromatic rings. The predicted octanol–water partition coefficient (Wildman–Crippen LogP) is 5.34. The van der Waals surface area contributed by atoms with Gasteiger partial charge in [-0.2, -0.15) is 0 Å². The third kappa shape index (κ3) is 4.30. The number of carbonyl (C=O) groups excluding carboxylic acids is 1. The molecule has 0 radical (unpaired) electrons. The number of fused-ring (bicyclic) bond motifs is 1. The van der Waals surface area contributed by atoms with Gasteiger partial charge in [0.2, 0.25) is 5.91 Å². The summed E-state index contributed by atoms with van der Waals surface area (Å²) >= 11 is 0. The molecule has 0 saturated carbocycles. The predicted molar refractivity (Wildman–Crippen MR) is 137 cm³/mol. The van der Waals surface area contributed by atoms with E-state index < -0.39 is 33.3 Å². The highest BCUT2D eigenvalue weighted by atomic mass is 32.2. The number of sulfone groups is 1. The number of benzene rings is 2. The minimum Gasteiger partial charge on any atom is -0.361 e. The van der Waals surface area contributed by atoms with Crippen LogP contribution < -0.4 is 4.90 Å². The van der Waals surface area contributed by atoms with Gasteiger partial charge in [0.1, 0.15) is 21.4 Å². The van der Waals surface area contributed by atoms with Crippen molar-refractivity contribution < 1.29 is 30.9 Å². The Kier molecular flexibility index (Phi) is 6.05. The smallest absolute Gasteiger partial charge is 0.227 e. The highest BCUT2D eigenvalue weighted by Crippen LogP contribution is 2.42. The summed E-state index contributed by atoms with van der Waals surface area (Å²) < 4.78 is 73.7. The fraction of sp³-hybridized carbons (Fsp3) is 0.370. The summed E-state index contributed by atoms with van der Waals surface area (Å²) in [5, 5.41) is 4.03. The van der Waals surface area contributed by atoms with Crippen molar-refractivity contribution in [3.63, 3.8) is 0 Å². The van der Waals surface area contributed by atoms with E-state index in [9.17, 15) is 26.4 Å². The van der Waals surface area contributed by atoms with Gasteiger partial charge in [0.05, 0.1) is 40.0 Å². The van der Waals surface area contributed by atoms with Crippen LogP contribution in [0.3, 0.4) is 0 Å². The molecule has 2 saturated heterocycles. The topological polar surface area (TPSA) is 98.3 Å². The number of anilines is 1. The number of hydrogen-bond donors (Lipinski definition) is 0. The van der Waals surface area contributed by atoms with Crippen LogP contribution in [-0.4, -0.2) is 40.5 Å². The largest absolute Gasteiger partial charge is 0.361 e. The van der Waals surface area contributed by atoms with E-state index in [1.54, 1.807) is 0 Å². The van der Waals surface area contributed by atoms with Gasteiger partial charge in [-0.1, -0.05) is 11.2 Å². The van der Waals surface area contributed by atoms with Crippen molar-refractivity contribution in [1.29, 1.82) is 0 Å².